The van der Waals surface area contributed by atoms with Gasteiger partial charge in [-0.3, -0.25) is 0 Å². The maximum atomic E-state index is 12.7. The minimum atomic E-state index is -3.46. The molecule has 1 saturated heterocycles. The number of nitrogens with one attached hydrogen (secondary N) is 1. The average Bonchev–Trinajstić information content (AvgIpc) is 2.48. The van der Waals surface area contributed by atoms with Gasteiger partial charge in [-0.05, 0) is 44.5 Å². The van der Waals surface area contributed by atoms with Gasteiger partial charge in [0.1, 0.15) is 10.6 Å². The van der Waals surface area contributed by atoms with Crippen LogP contribution < -0.4 is 10.1 Å². The molecule has 1 N–H and O–H groups in total. The summed E-state index contributed by atoms with van der Waals surface area (Å²) < 4.78 is 32.1. The second-order valence-corrected chi connectivity index (χ2v) is 6.96. The van der Waals surface area contributed by atoms with Crippen molar-refractivity contribution < 1.29 is 13.2 Å². The summed E-state index contributed by atoms with van der Waals surface area (Å²) in [4.78, 5) is 0.259. The van der Waals surface area contributed by atoms with Crippen LogP contribution in [-0.4, -0.2) is 46.5 Å². The molecule has 1 fully saturated rings. The molecule has 2 rings (SSSR count). The number of para-hydroxylation sites is 1. The van der Waals surface area contributed by atoms with E-state index in [4.69, 9.17) is 4.74 Å². The number of sulfonamides is 1. The van der Waals surface area contributed by atoms with Gasteiger partial charge in [0, 0.05) is 13.1 Å². The number of halogens is 1. The molecule has 0 atom stereocenters. The van der Waals surface area contributed by atoms with Gasteiger partial charge in [-0.2, -0.15) is 4.31 Å². The van der Waals surface area contributed by atoms with Crippen molar-refractivity contribution in [2.24, 2.45) is 5.92 Å². The highest BCUT2D eigenvalue weighted by Gasteiger charge is 2.30. The minimum Gasteiger partial charge on any atom is -0.495 e. The van der Waals surface area contributed by atoms with Crippen LogP contribution in [0.15, 0.2) is 29.2 Å². The Kier molecular flexibility index (Phi) is 6.93. The third kappa shape index (κ3) is 4.10. The van der Waals surface area contributed by atoms with E-state index < -0.39 is 10.0 Å². The zero-order chi connectivity index (χ0) is 14.6. The average molecular weight is 335 g/mol. The number of benzene rings is 1. The molecule has 0 aromatic heterocycles. The first-order chi connectivity index (χ1) is 9.59. The maximum Gasteiger partial charge on any atom is 0.246 e. The minimum absolute atomic E-state index is 0. The number of rotatable bonds is 5. The Morgan fingerprint density at radius 1 is 1.29 bits per heavy atom. The van der Waals surface area contributed by atoms with Crippen molar-refractivity contribution in [3.8, 4) is 5.75 Å². The van der Waals surface area contributed by atoms with E-state index in [1.807, 2.05) is 7.05 Å². The summed E-state index contributed by atoms with van der Waals surface area (Å²) in [7, 11) is -0.0332. The van der Waals surface area contributed by atoms with E-state index in [2.05, 4.69) is 5.32 Å². The zero-order valence-corrected chi connectivity index (χ0v) is 14.0. The molecule has 120 valence electrons. The lowest BCUT2D eigenvalue weighted by Gasteiger charge is -2.31. The highest BCUT2D eigenvalue weighted by atomic mass is 35.5. The van der Waals surface area contributed by atoms with E-state index in [-0.39, 0.29) is 17.3 Å². The molecular formula is C14H23ClN2O3S. The number of hydrogen-bond donors (Lipinski definition) is 1. The quantitative estimate of drug-likeness (QED) is 0.891. The Morgan fingerprint density at radius 2 is 1.90 bits per heavy atom. The Morgan fingerprint density at radius 3 is 2.48 bits per heavy atom. The summed E-state index contributed by atoms with van der Waals surface area (Å²) in [5.74, 6) is 0.967. The number of hydrogen-bond acceptors (Lipinski definition) is 4. The second kappa shape index (κ2) is 7.98. The van der Waals surface area contributed by atoms with Gasteiger partial charge in [-0.15, -0.1) is 12.4 Å². The van der Waals surface area contributed by atoms with Crippen LogP contribution in [-0.2, 0) is 10.0 Å². The molecule has 1 aromatic carbocycles. The van der Waals surface area contributed by atoms with Gasteiger partial charge in [-0.1, -0.05) is 12.1 Å². The first-order valence-electron chi connectivity index (χ1n) is 6.87. The van der Waals surface area contributed by atoms with Gasteiger partial charge >= 0.3 is 0 Å². The first kappa shape index (κ1) is 18.2. The first-order valence-corrected chi connectivity index (χ1v) is 8.31. The van der Waals surface area contributed by atoms with E-state index in [1.165, 1.54) is 7.11 Å². The summed E-state index contributed by atoms with van der Waals surface area (Å²) in [5.41, 5.74) is 0. The van der Waals surface area contributed by atoms with E-state index in [0.717, 1.165) is 19.4 Å². The molecule has 0 spiro atoms. The molecular weight excluding hydrogens is 312 g/mol. The topological polar surface area (TPSA) is 58.6 Å². The molecule has 1 aliphatic heterocycles. The molecule has 0 bridgehead atoms. The van der Waals surface area contributed by atoms with Crippen LogP contribution in [0.1, 0.15) is 12.8 Å². The lowest BCUT2D eigenvalue weighted by Crippen LogP contribution is -2.40. The van der Waals surface area contributed by atoms with Crippen molar-refractivity contribution in [3.63, 3.8) is 0 Å². The van der Waals surface area contributed by atoms with E-state index in [1.54, 1.807) is 28.6 Å². The molecule has 1 heterocycles. The summed E-state index contributed by atoms with van der Waals surface area (Å²) >= 11 is 0. The van der Waals surface area contributed by atoms with Crippen LogP contribution in [0, 0.1) is 5.92 Å². The van der Waals surface area contributed by atoms with Crippen molar-refractivity contribution in [2.45, 2.75) is 17.7 Å². The molecule has 1 aliphatic rings. The molecule has 7 heteroatoms. The lowest BCUT2D eigenvalue weighted by atomic mass is 9.98. The molecule has 21 heavy (non-hydrogen) atoms. The van der Waals surface area contributed by atoms with Crippen molar-refractivity contribution in [3.05, 3.63) is 24.3 Å². The summed E-state index contributed by atoms with van der Waals surface area (Å²) in [6.45, 7) is 2.10. The Balaban J connectivity index is 0.00000220. The van der Waals surface area contributed by atoms with Crippen LogP contribution in [0.3, 0.4) is 0 Å². The molecule has 0 amide bonds. The van der Waals surface area contributed by atoms with E-state index >= 15 is 0 Å². The van der Waals surface area contributed by atoms with Crippen LogP contribution >= 0.6 is 12.4 Å². The van der Waals surface area contributed by atoms with Crippen molar-refractivity contribution in [2.75, 3.05) is 33.8 Å². The molecule has 0 unspecified atom stereocenters. The van der Waals surface area contributed by atoms with Crippen LogP contribution in [0.2, 0.25) is 0 Å². The predicted octanol–water partition coefficient (Wildman–Crippen LogP) is 1.74. The molecule has 5 nitrogen and oxygen atoms in total. The van der Waals surface area contributed by atoms with Gasteiger partial charge in [0.25, 0.3) is 0 Å². The second-order valence-electron chi connectivity index (χ2n) is 5.06. The molecule has 1 aromatic rings. The highest BCUT2D eigenvalue weighted by molar-refractivity contribution is 7.89. The number of piperidine rings is 1. The van der Waals surface area contributed by atoms with Crippen LogP contribution in [0.25, 0.3) is 0 Å². The van der Waals surface area contributed by atoms with E-state index in [0.29, 0.717) is 24.8 Å². The number of methoxy groups -OCH3 is 1. The fourth-order valence-electron chi connectivity index (χ4n) is 2.61. The predicted molar refractivity (Wildman–Crippen MR) is 85.7 cm³/mol. The number of ether oxygens (including phenoxy) is 1. The van der Waals surface area contributed by atoms with E-state index in [9.17, 15) is 8.42 Å². The highest BCUT2D eigenvalue weighted by Crippen LogP contribution is 2.29. The van der Waals surface area contributed by atoms with Gasteiger partial charge < -0.3 is 10.1 Å². The summed E-state index contributed by atoms with van der Waals surface area (Å²) in [6, 6.07) is 6.79. The van der Waals surface area contributed by atoms with Gasteiger partial charge in [0.2, 0.25) is 10.0 Å². The monoisotopic (exact) mass is 334 g/mol. The number of nitrogens with zero attached hydrogens (tertiary/aromatic N) is 1. The Hall–Kier alpha value is -0.820. The van der Waals surface area contributed by atoms with Crippen molar-refractivity contribution in [1.82, 2.24) is 9.62 Å². The largest absolute Gasteiger partial charge is 0.495 e. The fraction of sp³-hybridized carbons (Fsp3) is 0.571. The van der Waals surface area contributed by atoms with Crippen molar-refractivity contribution in [1.29, 1.82) is 0 Å². The lowest BCUT2D eigenvalue weighted by molar-refractivity contribution is 0.270. The smallest absolute Gasteiger partial charge is 0.246 e. The van der Waals surface area contributed by atoms with Crippen molar-refractivity contribution >= 4 is 22.4 Å². The molecule has 0 radical (unpaired) electrons. The summed E-state index contributed by atoms with van der Waals surface area (Å²) in [5, 5.41) is 3.15. The SMILES string of the molecule is CNCC1CCN(S(=O)(=O)c2ccccc2OC)CC1.Cl. The van der Waals surface area contributed by atoms with Gasteiger partial charge in [0.05, 0.1) is 7.11 Å². The molecule has 0 aliphatic carbocycles. The standard InChI is InChI=1S/C14H22N2O3S.ClH/c1-15-11-12-7-9-16(10-8-12)20(17,18)14-6-4-3-5-13(14)19-2;/h3-6,12,15H,7-11H2,1-2H3;1H. The van der Waals surface area contributed by atoms with Crippen LogP contribution in [0.5, 0.6) is 5.75 Å². The normalized spacial score (nSPS) is 17.2. The Labute approximate surface area is 133 Å². The maximum absolute atomic E-state index is 12.7. The molecule has 0 saturated carbocycles. The third-order valence-electron chi connectivity index (χ3n) is 3.75. The van der Waals surface area contributed by atoms with Gasteiger partial charge in [0.15, 0.2) is 0 Å². The zero-order valence-electron chi connectivity index (χ0n) is 12.4. The fourth-order valence-corrected chi connectivity index (χ4v) is 4.24. The summed E-state index contributed by atoms with van der Waals surface area (Å²) in [6.07, 6.45) is 1.80. The van der Waals surface area contributed by atoms with Gasteiger partial charge in [-0.25, -0.2) is 8.42 Å². The third-order valence-corrected chi connectivity index (χ3v) is 5.69. The Bertz CT molecular complexity index is 543. The van der Waals surface area contributed by atoms with Crippen LogP contribution in [0.4, 0.5) is 0 Å².